The van der Waals surface area contributed by atoms with E-state index in [1.807, 2.05) is 17.0 Å². The first-order valence-corrected chi connectivity index (χ1v) is 7.29. The summed E-state index contributed by atoms with van der Waals surface area (Å²) in [6.45, 7) is 1.64. The molecule has 0 unspecified atom stereocenters. The number of hydrogen-bond donors (Lipinski definition) is 1. The lowest BCUT2D eigenvalue weighted by Gasteiger charge is -2.23. The lowest BCUT2D eigenvalue weighted by molar-refractivity contribution is -0.130. The van der Waals surface area contributed by atoms with Gasteiger partial charge in [0, 0.05) is 24.7 Å². The van der Waals surface area contributed by atoms with E-state index in [4.69, 9.17) is 0 Å². The van der Waals surface area contributed by atoms with Crippen LogP contribution in [0.5, 0.6) is 5.75 Å². The summed E-state index contributed by atoms with van der Waals surface area (Å²) in [5.74, 6) is 0.327. The Morgan fingerprint density at radius 1 is 1.30 bits per heavy atom. The first-order valence-electron chi connectivity index (χ1n) is 7.29. The minimum atomic E-state index is 0.117. The Morgan fingerprint density at radius 3 is 2.75 bits per heavy atom. The second kappa shape index (κ2) is 6.75. The third-order valence-corrected chi connectivity index (χ3v) is 4.11. The van der Waals surface area contributed by atoms with Crippen LogP contribution in [-0.4, -0.2) is 54.0 Å². The quantitative estimate of drug-likeness (QED) is 0.916. The van der Waals surface area contributed by atoms with Crippen molar-refractivity contribution in [3.63, 3.8) is 0 Å². The molecule has 110 valence electrons. The van der Waals surface area contributed by atoms with Gasteiger partial charge in [0.05, 0.1) is 6.42 Å². The maximum absolute atomic E-state index is 12.4. The van der Waals surface area contributed by atoms with Crippen molar-refractivity contribution in [2.75, 3.05) is 27.2 Å². The fraction of sp³-hybridized carbons (Fsp3) is 0.562. The summed E-state index contributed by atoms with van der Waals surface area (Å²) in [7, 11) is 4.20. The highest BCUT2D eigenvalue weighted by atomic mass is 16.3. The highest BCUT2D eigenvalue weighted by Crippen LogP contribution is 2.19. The minimum absolute atomic E-state index is 0.117. The third kappa shape index (κ3) is 3.73. The van der Waals surface area contributed by atoms with Crippen molar-refractivity contribution >= 4 is 5.91 Å². The van der Waals surface area contributed by atoms with Gasteiger partial charge in [-0.2, -0.15) is 0 Å². The van der Waals surface area contributed by atoms with Gasteiger partial charge in [0.15, 0.2) is 0 Å². The zero-order chi connectivity index (χ0) is 14.5. The number of amides is 1. The van der Waals surface area contributed by atoms with Crippen LogP contribution in [0.15, 0.2) is 24.3 Å². The van der Waals surface area contributed by atoms with Gasteiger partial charge in [-0.05, 0) is 39.4 Å². The first-order chi connectivity index (χ1) is 9.58. The molecule has 0 saturated carbocycles. The Kier molecular flexibility index (Phi) is 5.01. The van der Waals surface area contributed by atoms with E-state index in [1.54, 1.807) is 12.1 Å². The predicted molar refractivity (Wildman–Crippen MR) is 79.7 cm³/mol. The van der Waals surface area contributed by atoms with Crippen molar-refractivity contribution in [2.24, 2.45) is 0 Å². The molecule has 1 fully saturated rings. The molecule has 0 radical (unpaired) electrons. The second-order valence-corrected chi connectivity index (χ2v) is 5.73. The van der Waals surface area contributed by atoms with Crippen LogP contribution >= 0.6 is 0 Å². The molecule has 1 aliphatic rings. The molecule has 0 aliphatic carbocycles. The minimum Gasteiger partial charge on any atom is -0.508 e. The Balaban J connectivity index is 1.94. The van der Waals surface area contributed by atoms with Crippen LogP contribution in [0, 0.1) is 0 Å². The van der Waals surface area contributed by atoms with E-state index in [-0.39, 0.29) is 11.7 Å². The Hall–Kier alpha value is -1.55. The molecule has 2 rings (SSSR count). The fourth-order valence-electron chi connectivity index (χ4n) is 2.78. The molecule has 0 bridgehead atoms. The first kappa shape index (κ1) is 14.9. The lowest BCUT2D eigenvalue weighted by Crippen LogP contribution is -2.34. The molecule has 1 amide bonds. The summed E-state index contributed by atoms with van der Waals surface area (Å²) in [6, 6.07) is 7.64. The highest BCUT2D eigenvalue weighted by Gasteiger charge is 2.22. The number of phenols is 1. The Morgan fingerprint density at radius 2 is 2.05 bits per heavy atom. The summed E-state index contributed by atoms with van der Waals surface area (Å²) in [4.78, 5) is 16.5. The summed E-state index contributed by atoms with van der Waals surface area (Å²) in [5, 5.41) is 9.75. The van der Waals surface area contributed by atoms with Gasteiger partial charge in [0.25, 0.3) is 0 Å². The van der Waals surface area contributed by atoms with E-state index in [2.05, 4.69) is 19.0 Å². The number of carbonyl (C=O) groups is 1. The molecular weight excluding hydrogens is 252 g/mol. The topological polar surface area (TPSA) is 43.8 Å². The average molecular weight is 276 g/mol. The standard InChI is InChI=1S/C16H24N2O2/c1-17(2)14-7-5-10-18(11-9-14)16(20)12-13-6-3-4-8-15(13)19/h3-4,6,8,14,19H,5,7,9-12H2,1-2H3/t14-/m0/s1. The van der Waals surface area contributed by atoms with Crippen LogP contribution < -0.4 is 0 Å². The third-order valence-electron chi connectivity index (χ3n) is 4.11. The molecule has 0 spiro atoms. The summed E-state index contributed by atoms with van der Waals surface area (Å²) in [5.41, 5.74) is 0.714. The van der Waals surface area contributed by atoms with E-state index in [9.17, 15) is 9.90 Å². The normalized spacial score (nSPS) is 19.9. The van der Waals surface area contributed by atoms with Crippen LogP contribution in [0.3, 0.4) is 0 Å². The Bertz CT molecular complexity index is 460. The highest BCUT2D eigenvalue weighted by molar-refractivity contribution is 5.79. The van der Waals surface area contributed by atoms with Gasteiger partial charge in [-0.1, -0.05) is 18.2 Å². The molecule has 4 nitrogen and oxygen atoms in total. The van der Waals surface area contributed by atoms with Gasteiger partial charge in [0.2, 0.25) is 5.91 Å². The van der Waals surface area contributed by atoms with Gasteiger partial charge in [-0.15, -0.1) is 0 Å². The van der Waals surface area contributed by atoms with Crippen molar-refractivity contribution in [3.05, 3.63) is 29.8 Å². The maximum Gasteiger partial charge on any atom is 0.227 e. The molecule has 1 aromatic rings. The average Bonchev–Trinajstić information content (AvgIpc) is 2.67. The number of carbonyl (C=O) groups excluding carboxylic acids is 1. The van der Waals surface area contributed by atoms with Crippen molar-refractivity contribution in [2.45, 2.75) is 31.7 Å². The van der Waals surface area contributed by atoms with E-state index in [1.165, 1.54) is 0 Å². The number of para-hydroxylation sites is 1. The van der Waals surface area contributed by atoms with E-state index in [0.717, 1.165) is 32.4 Å². The molecule has 20 heavy (non-hydrogen) atoms. The van der Waals surface area contributed by atoms with Gasteiger partial charge in [-0.3, -0.25) is 4.79 Å². The van der Waals surface area contributed by atoms with Gasteiger partial charge in [0.1, 0.15) is 5.75 Å². The van der Waals surface area contributed by atoms with Crippen molar-refractivity contribution in [1.29, 1.82) is 0 Å². The van der Waals surface area contributed by atoms with Crippen LogP contribution in [0.2, 0.25) is 0 Å². The summed E-state index contributed by atoms with van der Waals surface area (Å²) in [6.07, 6.45) is 3.52. The SMILES string of the molecule is CN(C)[C@H]1CCCN(C(=O)Cc2ccccc2O)CC1. The number of phenolic OH excluding ortho intramolecular Hbond substituents is 1. The van der Waals surface area contributed by atoms with E-state index in [0.29, 0.717) is 18.0 Å². The van der Waals surface area contributed by atoms with Crippen LogP contribution in [-0.2, 0) is 11.2 Å². The molecule has 1 aliphatic heterocycles. The number of rotatable bonds is 3. The van der Waals surface area contributed by atoms with Crippen molar-refractivity contribution in [1.82, 2.24) is 9.80 Å². The predicted octanol–water partition coefficient (Wildman–Crippen LogP) is 1.88. The molecule has 1 atom stereocenters. The summed E-state index contributed by atoms with van der Waals surface area (Å²) < 4.78 is 0. The van der Waals surface area contributed by atoms with Crippen LogP contribution in [0.1, 0.15) is 24.8 Å². The van der Waals surface area contributed by atoms with E-state index >= 15 is 0 Å². The molecule has 1 aromatic carbocycles. The fourth-order valence-corrected chi connectivity index (χ4v) is 2.78. The number of hydrogen-bond acceptors (Lipinski definition) is 3. The van der Waals surface area contributed by atoms with E-state index < -0.39 is 0 Å². The number of benzene rings is 1. The summed E-state index contributed by atoms with van der Waals surface area (Å²) >= 11 is 0. The van der Waals surface area contributed by atoms with Gasteiger partial charge >= 0.3 is 0 Å². The van der Waals surface area contributed by atoms with Gasteiger partial charge < -0.3 is 14.9 Å². The molecule has 0 aromatic heterocycles. The smallest absolute Gasteiger partial charge is 0.227 e. The molecule has 1 N–H and O–H groups in total. The number of likely N-dealkylation sites (tertiary alicyclic amines) is 1. The second-order valence-electron chi connectivity index (χ2n) is 5.73. The zero-order valence-electron chi connectivity index (χ0n) is 12.4. The molecule has 1 saturated heterocycles. The monoisotopic (exact) mass is 276 g/mol. The number of nitrogens with zero attached hydrogens (tertiary/aromatic N) is 2. The molecule has 4 heteroatoms. The van der Waals surface area contributed by atoms with Gasteiger partial charge in [-0.25, -0.2) is 0 Å². The number of aromatic hydroxyl groups is 1. The van der Waals surface area contributed by atoms with Crippen molar-refractivity contribution < 1.29 is 9.90 Å². The largest absolute Gasteiger partial charge is 0.508 e. The lowest BCUT2D eigenvalue weighted by atomic mass is 10.1. The maximum atomic E-state index is 12.4. The van der Waals surface area contributed by atoms with Crippen LogP contribution in [0.4, 0.5) is 0 Å². The zero-order valence-corrected chi connectivity index (χ0v) is 12.4. The Labute approximate surface area is 121 Å². The molecular formula is C16H24N2O2. The molecule has 1 heterocycles. The van der Waals surface area contributed by atoms with Crippen LogP contribution in [0.25, 0.3) is 0 Å². The van der Waals surface area contributed by atoms with Crippen molar-refractivity contribution in [3.8, 4) is 5.75 Å².